The van der Waals surface area contributed by atoms with Gasteiger partial charge in [-0.05, 0) is 12.1 Å². The maximum atomic E-state index is 13.2. The third-order valence-corrected chi connectivity index (χ3v) is 5.56. The van der Waals surface area contributed by atoms with Gasteiger partial charge in [0, 0.05) is 19.3 Å². The number of fused-ring (bicyclic) bond motifs is 1. The number of amides is 4. The molecule has 0 radical (unpaired) electrons. The number of aliphatic imine (C=N–C) groups is 1. The van der Waals surface area contributed by atoms with Gasteiger partial charge in [-0.3, -0.25) is 24.2 Å². The number of methoxy groups -OCH3 is 1. The Hall–Kier alpha value is -3.76. The number of allylic oxidation sites excluding steroid dienone is 1. The monoisotopic (exact) mass is 428 g/mol. The zero-order valence-corrected chi connectivity index (χ0v) is 17.2. The van der Waals surface area contributed by atoms with E-state index < -0.39 is 30.4 Å². The van der Waals surface area contributed by atoms with Crippen LogP contribution in [0.1, 0.15) is 10.6 Å². The molecule has 0 aromatic carbocycles. The van der Waals surface area contributed by atoms with Crippen LogP contribution in [0.25, 0.3) is 0 Å². The number of furan rings is 1. The van der Waals surface area contributed by atoms with E-state index in [0.29, 0.717) is 37.7 Å². The summed E-state index contributed by atoms with van der Waals surface area (Å²) in [5.74, 6) is -1.62. The Labute approximate surface area is 177 Å². The SMILES string of the molecule is COC(=O)CN1C(=O)C2C(=NC=CC2=[N+]2CCN(C(=O)c3ccco3)CC2)N(C)C1=O. The molecular formula is C20H22N5O6+. The Morgan fingerprint density at radius 1 is 1.29 bits per heavy atom. The molecule has 4 amide bonds. The number of carbonyl (C=O) groups is 4. The molecule has 2 saturated heterocycles. The first kappa shape index (κ1) is 20.5. The van der Waals surface area contributed by atoms with Crippen LogP contribution >= 0.6 is 0 Å². The molecule has 1 aromatic rings. The predicted octanol–water partition coefficient (Wildman–Crippen LogP) is -0.202. The van der Waals surface area contributed by atoms with E-state index in [1.54, 1.807) is 29.3 Å². The van der Waals surface area contributed by atoms with Gasteiger partial charge in [0.15, 0.2) is 30.5 Å². The van der Waals surface area contributed by atoms with Gasteiger partial charge in [0.1, 0.15) is 12.4 Å². The summed E-state index contributed by atoms with van der Waals surface area (Å²) >= 11 is 0. The molecule has 0 bridgehead atoms. The highest BCUT2D eigenvalue weighted by Crippen LogP contribution is 2.23. The number of amidine groups is 1. The molecule has 4 heterocycles. The first-order valence-electron chi connectivity index (χ1n) is 9.77. The van der Waals surface area contributed by atoms with Crippen LogP contribution in [0.3, 0.4) is 0 Å². The molecule has 1 unspecified atom stereocenters. The minimum atomic E-state index is -0.815. The van der Waals surface area contributed by atoms with Crippen molar-refractivity contribution in [2.75, 3.05) is 46.9 Å². The molecule has 11 nitrogen and oxygen atoms in total. The summed E-state index contributed by atoms with van der Waals surface area (Å²) in [4.78, 5) is 58.1. The first-order valence-corrected chi connectivity index (χ1v) is 9.77. The molecule has 0 spiro atoms. The second kappa shape index (κ2) is 8.17. The highest BCUT2D eigenvalue weighted by Gasteiger charge is 2.49. The predicted molar refractivity (Wildman–Crippen MR) is 107 cm³/mol. The van der Waals surface area contributed by atoms with Gasteiger partial charge in [-0.25, -0.2) is 14.4 Å². The fourth-order valence-corrected chi connectivity index (χ4v) is 3.89. The Balaban J connectivity index is 1.57. The topological polar surface area (TPSA) is 116 Å². The molecule has 0 saturated carbocycles. The van der Waals surface area contributed by atoms with E-state index in [0.717, 1.165) is 4.90 Å². The van der Waals surface area contributed by atoms with Gasteiger partial charge in [0.2, 0.25) is 0 Å². The molecule has 1 aromatic heterocycles. The van der Waals surface area contributed by atoms with Crippen molar-refractivity contribution in [1.82, 2.24) is 14.7 Å². The largest absolute Gasteiger partial charge is 0.468 e. The van der Waals surface area contributed by atoms with E-state index in [1.165, 1.54) is 25.3 Å². The van der Waals surface area contributed by atoms with Crippen LogP contribution in [0.2, 0.25) is 0 Å². The number of piperazine rings is 1. The Kier molecular flexibility index (Phi) is 5.40. The molecule has 31 heavy (non-hydrogen) atoms. The average Bonchev–Trinajstić information content (AvgIpc) is 3.34. The van der Waals surface area contributed by atoms with Crippen LogP contribution in [0.4, 0.5) is 4.79 Å². The third-order valence-electron chi connectivity index (χ3n) is 5.56. The molecule has 0 aliphatic carbocycles. The molecule has 11 heteroatoms. The number of esters is 1. The second-order valence-electron chi connectivity index (χ2n) is 7.26. The van der Waals surface area contributed by atoms with Gasteiger partial charge >= 0.3 is 12.0 Å². The summed E-state index contributed by atoms with van der Waals surface area (Å²) < 4.78 is 11.8. The normalized spacial score (nSPS) is 21.3. The van der Waals surface area contributed by atoms with E-state index in [-0.39, 0.29) is 11.7 Å². The van der Waals surface area contributed by atoms with E-state index in [2.05, 4.69) is 9.73 Å². The summed E-state index contributed by atoms with van der Waals surface area (Å²) in [6.07, 6.45) is 4.74. The highest BCUT2D eigenvalue weighted by molar-refractivity contribution is 6.31. The van der Waals surface area contributed by atoms with Crippen LogP contribution in [0.15, 0.2) is 40.1 Å². The number of hydrogen-bond donors (Lipinski definition) is 0. The van der Waals surface area contributed by atoms with Crippen molar-refractivity contribution in [2.24, 2.45) is 10.9 Å². The lowest BCUT2D eigenvalue weighted by molar-refractivity contribution is -0.538. The number of imide groups is 1. The fourth-order valence-electron chi connectivity index (χ4n) is 3.89. The van der Waals surface area contributed by atoms with Gasteiger partial charge in [-0.2, -0.15) is 0 Å². The molecule has 162 valence electrons. The molecule has 2 fully saturated rings. The maximum Gasteiger partial charge on any atom is 0.332 e. The van der Waals surface area contributed by atoms with E-state index in [4.69, 9.17) is 4.42 Å². The van der Waals surface area contributed by atoms with E-state index in [1.807, 2.05) is 4.58 Å². The molecular weight excluding hydrogens is 406 g/mol. The summed E-state index contributed by atoms with van der Waals surface area (Å²) in [5, 5.41) is 0. The van der Waals surface area contributed by atoms with Gasteiger partial charge in [-0.15, -0.1) is 0 Å². The number of nitrogens with zero attached hydrogens (tertiary/aromatic N) is 5. The fraction of sp³-hybridized carbons (Fsp3) is 0.400. The first-order chi connectivity index (χ1) is 14.9. The van der Waals surface area contributed by atoms with Crippen molar-refractivity contribution in [3.8, 4) is 0 Å². The Morgan fingerprint density at radius 3 is 2.68 bits per heavy atom. The van der Waals surface area contributed by atoms with E-state index in [9.17, 15) is 19.2 Å². The maximum absolute atomic E-state index is 13.2. The van der Waals surface area contributed by atoms with Gasteiger partial charge in [0.25, 0.3) is 11.8 Å². The Morgan fingerprint density at radius 2 is 2.03 bits per heavy atom. The lowest BCUT2D eigenvalue weighted by atomic mass is 9.94. The smallest absolute Gasteiger partial charge is 0.332 e. The van der Waals surface area contributed by atoms with Crippen molar-refractivity contribution in [2.45, 2.75) is 0 Å². The van der Waals surface area contributed by atoms with Crippen molar-refractivity contribution in [1.29, 1.82) is 0 Å². The lowest BCUT2D eigenvalue weighted by Gasteiger charge is -2.37. The van der Waals surface area contributed by atoms with Gasteiger partial charge in [0.05, 0.1) is 26.5 Å². The van der Waals surface area contributed by atoms with Gasteiger partial charge in [-0.1, -0.05) is 0 Å². The average molecular weight is 428 g/mol. The van der Waals surface area contributed by atoms with Crippen LogP contribution in [0.5, 0.6) is 0 Å². The summed E-state index contributed by atoms with van der Waals surface area (Å²) in [6, 6.07) is 2.66. The van der Waals surface area contributed by atoms with Crippen LogP contribution in [-0.2, 0) is 14.3 Å². The van der Waals surface area contributed by atoms with Crippen LogP contribution < -0.4 is 0 Å². The minimum Gasteiger partial charge on any atom is -0.468 e. The summed E-state index contributed by atoms with van der Waals surface area (Å²) in [5.41, 5.74) is 0.675. The molecule has 4 rings (SSSR count). The Bertz CT molecular complexity index is 1010. The van der Waals surface area contributed by atoms with Crippen LogP contribution in [-0.4, -0.2) is 102 Å². The third kappa shape index (κ3) is 3.62. The summed E-state index contributed by atoms with van der Waals surface area (Å²) in [7, 11) is 2.71. The quantitative estimate of drug-likeness (QED) is 0.486. The highest BCUT2D eigenvalue weighted by atomic mass is 16.5. The molecule has 0 N–H and O–H groups in total. The van der Waals surface area contributed by atoms with Gasteiger partial charge < -0.3 is 14.1 Å². The van der Waals surface area contributed by atoms with Crippen molar-refractivity contribution >= 4 is 35.4 Å². The standard InChI is InChI=1S/C20H22N5O6/c1-22-17-16(19(28)25(20(22)29)12-15(26)30-2)13(5-6-21-17)23-7-9-24(10-8-23)18(27)14-4-3-11-31-14/h3-6,11,16H,7-10,12H2,1-2H3/q+1. The van der Waals surface area contributed by atoms with Crippen LogP contribution in [0, 0.1) is 5.92 Å². The number of hydrogen-bond acceptors (Lipinski definition) is 7. The number of carbonyl (C=O) groups excluding carboxylic acids is 4. The second-order valence-corrected chi connectivity index (χ2v) is 7.26. The number of ether oxygens (including phenoxy) is 1. The number of rotatable bonds is 3. The minimum absolute atomic E-state index is 0.181. The molecule has 3 aliphatic heterocycles. The van der Waals surface area contributed by atoms with Crippen molar-refractivity contribution in [3.63, 3.8) is 0 Å². The summed E-state index contributed by atoms with van der Waals surface area (Å²) in [6.45, 7) is 1.43. The molecule has 1 atom stereocenters. The zero-order chi connectivity index (χ0) is 22.1. The van der Waals surface area contributed by atoms with Crippen molar-refractivity contribution < 1.29 is 32.9 Å². The zero-order valence-electron chi connectivity index (χ0n) is 17.2. The lowest BCUT2D eigenvalue weighted by Crippen LogP contribution is -2.62. The van der Waals surface area contributed by atoms with E-state index >= 15 is 0 Å². The number of urea groups is 1. The molecule has 3 aliphatic rings. The van der Waals surface area contributed by atoms with Crippen molar-refractivity contribution in [3.05, 3.63) is 36.4 Å².